The molecule has 0 bridgehead atoms. The van der Waals surface area contributed by atoms with Crippen molar-refractivity contribution in [2.75, 3.05) is 0 Å². The van der Waals surface area contributed by atoms with Gasteiger partial charge >= 0.3 is 0 Å². The molecular formula is C12H13N3O3S. The normalized spacial score (nSPS) is 10.7. The molecule has 1 aromatic heterocycles. The highest BCUT2D eigenvalue weighted by Gasteiger charge is 2.12. The molecule has 6 nitrogen and oxygen atoms in total. The largest absolute Gasteiger partial charge is 0.390 e. The Morgan fingerprint density at radius 3 is 2.79 bits per heavy atom. The van der Waals surface area contributed by atoms with E-state index in [4.69, 9.17) is 5.11 Å². The lowest BCUT2D eigenvalue weighted by Crippen LogP contribution is -1.97. The molecule has 1 N–H and O–H groups in total. The number of non-ortho nitro benzene ring substituents is 1. The fourth-order valence-electron chi connectivity index (χ4n) is 1.63. The molecule has 1 heterocycles. The van der Waals surface area contributed by atoms with Crippen LogP contribution in [-0.4, -0.2) is 19.6 Å². The number of rotatable bonds is 4. The molecule has 1 aromatic carbocycles. The predicted octanol–water partition coefficient (Wildman–Crippen LogP) is 2.28. The zero-order chi connectivity index (χ0) is 14.0. The van der Waals surface area contributed by atoms with E-state index >= 15 is 0 Å². The summed E-state index contributed by atoms with van der Waals surface area (Å²) in [5.41, 5.74) is 1.63. The van der Waals surface area contributed by atoms with E-state index in [1.807, 2.05) is 14.0 Å². The van der Waals surface area contributed by atoms with E-state index in [1.54, 1.807) is 16.8 Å². The fraction of sp³-hybridized carbons (Fsp3) is 0.250. The molecule has 19 heavy (non-hydrogen) atoms. The minimum atomic E-state index is -0.411. The predicted molar refractivity (Wildman–Crippen MR) is 71.1 cm³/mol. The lowest BCUT2D eigenvalue weighted by molar-refractivity contribution is -0.385. The average molecular weight is 279 g/mol. The SMILES string of the molecule is Cc1cc([N+](=O)[O-])ccc1Sc1ncc(CO)n1C. The van der Waals surface area contributed by atoms with Gasteiger partial charge in [-0.1, -0.05) is 11.8 Å². The Bertz CT molecular complexity index is 625. The molecule has 0 radical (unpaired) electrons. The maximum atomic E-state index is 10.7. The Hall–Kier alpha value is -1.86. The second-order valence-electron chi connectivity index (χ2n) is 4.06. The number of aryl methyl sites for hydroxylation is 1. The van der Waals surface area contributed by atoms with E-state index < -0.39 is 4.92 Å². The van der Waals surface area contributed by atoms with Crippen molar-refractivity contribution < 1.29 is 10.0 Å². The van der Waals surface area contributed by atoms with Gasteiger partial charge in [-0.25, -0.2) is 4.98 Å². The van der Waals surface area contributed by atoms with Gasteiger partial charge in [0.25, 0.3) is 5.69 Å². The fourth-order valence-corrected chi connectivity index (χ4v) is 2.54. The zero-order valence-electron chi connectivity index (χ0n) is 10.5. The second-order valence-corrected chi connectivity index (χ2v) is 5.07. The van der Waals surface area contributed by atoms with Crippen molar-refractivity contribution in [3.8, 4) is 0 Å². The van der Waals surface area contributed by atoms with Crippen LogP contribution in [0.15, 0.2) is 34.4 Å². The van der Waals surface area contributed by atoms with E-state index in [0.717, 1.165) is 21.3 Å². The van der Waals surface area contributed by atoms with Gasteiger partial charge in [-0.15, -0.1) is 0 Å². The molecule has 0 amide bonds. The number of nitro groups is 1. The summed E-state index contributed by atoms with van der Waals surface area (Å²) in [6.07, 6.45) is 1.61. The Labute approximate surface area is 114 Å². The molecule has 100 valence electrons. The smallest absolute Gasteiger partial charge is 0.269 e. The first-order valence-electron chi connectivity index (χ1n) is 5.57. The molecule has 0 atom stereocenters. The highest BCUT2D eigenvalue weighted by atomic mass is 32.2. The zero-order valence-corrected chi connectivity index (χ0v) is 11.3. The van der Waals surface area contributed by atoms with Crippen LogP contribution in [0, 0.1) is 17.0 Å². The number of aliphatic hydroxyl groups excluding tert-OH is 1. The third-order valence-electron chi connectivity index (χ3n) is 2.77. The number of aliphatic hydroxyl groups is 1. The van der Waals surface area contributed by atoms with Crippen molar-refractivity contribution in [2.24, 2.45) is 7.05 Å². The van der Waals surface area contributed by atoms with Crippen LogP contribution < -0.4 is 0 Å². The molecule has 7 heteroatoms. The summed E-state index contributed by atoms with van der Waals surface area (Å²) in [6, 6.07) is 4.73. The summed E-state index contributed by atoms with van der Waals surface area (Å²) in [7, 11) is 1.82. The van der Waals surface area contributed by atoms with Gasteiger partial charge in [0.15, 0.2) is 5.16 Å². The van der Waals surface area contributed by atoms with Gasteiger partial charge in [-0.3, -0.25) is 10.1 Å². The quantitative estimate of drug-likeness (QED) is 0.686. The average Bonchev–Trinajstić information content (AvgIpc) is 2.72. The van der Waals surface area contributed by atoms with E-state index in [0.29, 0.717) is 0 Å². The van der Waals surface area contributed by atoms with Gasteiger partial charge < -0.3 is 9.67 Å². The van der Waals surface area contributed by atoms with Gasteiger partial charge in [0, 0.05) is 24.1 Å². The van der Waals surface area contributed by atoms with Crippen molar-refractivity contribution >= 4 is 17.4 Å². The van der Waals surface area contributed by atoms with Crippen LogP contribution in [0.25, 0.3) is 0 Å². The van der Waals surface area contributed by atoms with Crippen LogP contribution in [0.1, 0.15) is 11.3 Å². The van der Waals surface area contributed by atoms with Crippen LogP contribution in [0.5, 0.6) is 0 Å². The summed E-state index contributed by atoms with van der Waals surface area (Å²) in [6.45, 7) is 1.76. The van der Waals surface area contributed by atoms with Crippen LogP contribution in [0.4, 0.5) is 5.69 Å². The summed E-state index contributed by atoms with van der Waals surface area (Å²) in [5, 5.41) is 20.5. The first kappa shape index (κ1) is 13.6. The first-order valence-corrected chi connectivity index (χ1v) is 6.39. The maximum absolute atomic E-state index is 10.7. The molecule has 0 spiro atoms. The number of benzene rings is 1. The van der Waals surface area contributed by atoms with Crippen LogP contribution >= 0.6 is 11.8 Å². The molecule has 0 unspecified atom stereocenters. The van der Waals surface area contributed by atoms with Crippen LogP contribution in [0.2, 0.25) is 0 Å². The minimum Gasteiger partial charge on any atom is -0.390 e. The van der Waals surface area contributed by atoms with Crippen molar-refractivity contribution in [3.63, 3.8) is 0 Å². The van der Waals surface area contributed by atoms with Gasteiger partial charge in [0.05, 0.1) is 23.4 Å². The summed E-state index contributed by atoms with van der Waals surface area (Å²) in [5.74, 6) is 0. The number of nitrogens with zero attached hydrogens (tertiary/aromatic N) is 3. The Morgan fingerprint density at radius 2 is 2.26 bits per heavy atom. The molecule has 2 aromatic rings. The summed E-state index contributed by atoms with van der Waals surface area (Å²) >= 11 is 1.42. The van der Waals surface area contributed by atoms with Crippen LogP contribution in [0.3, 0.4) is 0 Å². The molecule has 0 aliphatic heterocycles. The molecule has 0 aliphatic carbocycles. The van der Waals surface area contributed by atoms with Gasteiger partial charge in [0.1, 0.15) is 0 Å². The number of hydrogen-bond donors (Lipinski definition) is 1. The minimum absolute atomic E-state index is 0.0662. The van der Waals surface area contributed by atoms with Crippen molar-refractivity contribution in [2.45, 2.75) is 23.6 Å². The molecule has 0 saturated carbocycles. The Kier molecular flexibility index (Phi) is 3.87. The van der Waals surface area contributed by atoms with E-state index in [2.05, 4.69) is 4.98 Å². The highest BCUT2D eigenvalue weighted by molar-refractivity contribution is 7.99. The van der Waals surface area contributed by atoms with Crippen molar-refractivity contribution in [1.82, 2.24) is 9.55 Å². The van der Waals surface area contributed by atoms with E-state index in [9.17, 15) is 10.1 Å². The van der Waals surface area contributed by atoms with Crippen molar-refractivity contribution in [1.29, 1.82) is 0 Å². The van der Waals surface area contributed by atoms with E-state index in [-0.39, 0.29) is 12.3 Å². The number of aromatic nitrogens is 2. The monoisotopic (exact) mass is 279 g/mol. The second kappa shape index (κ2) is 5.41. The lowest BCUT2D eigenvalue weighted by Gasteiger charge is -2.06. The molecular weight excluding hydrogens is 266 g/mol. The topological polar surface area (TPSA) is 81.2 Å². The van der Waals surface area contributed by atoms with Crippen molar-refractivity contribution in [3.05, 3.63) is 45.8 Å². The van der Waals surface area contributed by atoms with Gasteiger partial charge in [-0.05, 0) is 18.6 Å². The Morgan fingerprint density at radius 1 is 1.53 bits per heavy atom. The molecule has 2 rings (SSSR count). The van der Waals surface area contributed by atoms with E-state index in [1.165, 1.54) is 23.9 Å². The van der Waals surface area contributed by atoms with Gasteiger partial charge in [0.2, 0.25) is 0 Å². The Balaban J connectivity index is 2.28. The summed E-state index contributed by atoms with van der Waals surface area (Å²) < 4.78 is 1.80. The third kappa shape index (κ3) is 2.77. The first-order chi connectivity index (χ1) is 9.02. The third-order valence-corrected chi connectivity index (χ3v) is 4.01. The van der Waals surface area contributed by atoms with Gasteiger partial charge in [-0.2, -0.15) is 0 Å². The number of nitro benzene ring substituents is 1. The standard InChI is InChI=1S/C12H13N3O3S/c1-8-5-9(15(17)18)3-4-11(8)19-12-13-6-10(7-16)14(12)2/h3-6,16H,7H2,1-2H3. The molecule has 0 aliphatic rings. The summed E-state index contributed by atoms with van der Waals surface area (Å²) in [4.78, 5) is 15.4. The lowest BCUT2D eigenvalue weighted by atomic mass is 10.2. The maximum Gasteiger partial charge on any atom is 0.269 e. The molecule has 0 fully saturated rings. The van der Waals surface area contributed by atoms with Crippen LogP contribution in [-0.2, 0) is 13.7 Å². The number of hydrogen-bond acceptors (Lipinski definition) is 5. The highest BCUT2D eigenvalue weighted by Crippen LogP contribution is 2.31. The number of imidazole rings is 1. The molecule has 0 saturated heterocycles.